The molecule has 1 aromatic carbocycles. The van der Waals surface area contributed by atoms with E-state index in [9.17, 15) is 9.59 Å². The molecule has 1 aliphatic heterocycles. The third-order valence-corrected chi connectivity index (χ3v) is 2.33. The summed E-state index contributed by atoms with van der Waals surface area (Å²) in [5, 5.41) is 2.65. The Labute approximate surface area is 92.6 Å². The molecule has 0 unspecified atom stereocenters. The number of ether oxygens (including phenoxy) is 1. The van der Waals surface area contributed by atoms with Gasteiger partial charge in [0.15, 0.2) is 6.10 Å². The maximum absolute atomic E-state index is 10.8. The van der Waals surface area contributed by atoms with Gasteiger partial charge in [-0.15, -0.1) is 0 Å². The molecule has 0 bridgehead atoms. The maximum Gasteiger partial charge on any atom is 0.249 e. The van der Waals surface area contributed by atoms with Gasteiger partial charge >= 0.3 is 0 Å². The van der Waals surface area contributed by atoms with Gasteiger partial charge in [-0.25, -0.2) is 0 Å². The largest absolute Gasteiger partial charge is 0.367 e. The number of primary amides is 1. The summed E-state index contributed by atoms with van der Waals surface area (Å²) >= 11 is 0. The summed E-state index contributed by atoms with van der Waals surface area (Å²) in [5.74, 6) is -0.568. The first-order chi connectivity index (χ1) is 7.58. The van der Waals surface area contributed by atoms with Crippen molar-refractivity contribution in [2.75, 3.05) is 5.32 Å². The second kappa shape index (κ2) is 3.94. The molecule has 0 saturated carbocycles. The van der Waals surface area contributed by atoms with Gasteiger partial charge in [0.2, 0.25) is 11.8 Å². The van der Waals surface area contributed by atoms with Crippen LogP contribution in [0.4, 0.5) is 5.69 Å². The van der Waals surface area contributed by atoms with E-state index >= 15 is 0 Å². The molecule has 0 radical (unpaired) electrons. The lowest BCUT2D eigenvalue weighted by Crippen LogP contribution is -2.18. The summed E-state index contributed by atoms with van der Waals surface area (Å²) in [5.41, 5.74) is 6.70. The zero-order valence-corrected chi connectivity index (χ0v) is 8.77. The summed E-state index contributed by atoms with van der Waals surface area (Å²) in [6.07, 6.45) is -0.740. The van der Waals surface area contributed by atoms with Crippen molar-refractivity contribution in [3.8, 4) is 0 Å². The van der Waals surface area contributed by atoms with Gasteiger partial charge in [-0.2, -0.15) is 0 Å². The van der Waals surface area contributed by atoms with E-state index in [0.717, 1.165) is 5.56 Å². The van der Waals surface area contributed by atoms with Gasteiger partial charge in [-0.05, 0) is 17.7 Å². The molecular formula is C11H12N2O3. The molecule has 1 aromatic rings. The molecule has 2 rings (SSSR count). The third-order valence-electron chi connectivity index (χ3n) is 2.33. The first kappa shape index (κ1) is 10.6. The minimum atomic E-state index is -0.508. The zero-order valence-electron chi connectivity index (χ0n) is 8.77. The number of hydrogen-bond donors (Lipinski definition) is 2. The Hall–Kier alpha value is -1.88. The van der Waals surface area contributed by atoms with Crippen molar-refractivity contribution in [3.05, 3.63) is 29.8 Å². The van der Waals surface area contributed by atoms with Gasteiger partial charge in [0, 0.05) is 12.6 Å². The van der Waals surface area contributed by atoms with Crippen LogP contribution < -0.4 is 11.1 Å². The van der Waals surface area contributed by atoms with Crippen LogP contribution in [-0.4, -0.2) is 17.9 Å². The van der Waals surface area contributed by atoms with Crippen molar-refractivity contribution in [3.63, 3.8) is 0 Å². The number of nitrogens with two attached hydrogens (primary N) is 1. The van der Waals surface area contributed by atoms with Crippen LogP contribution in [-0.2, 0) is 14.3 Å². The number of nitrogens with one attached hydrogen (secondary N) is 1. The second-order valence-electron chi connectivity index (χ2n) is 3.68. The van der Waals surface area contributed by atoms with Crippen molar-refractivity contribution < 1.29 is 14.3 Å². The molecule has 84 valence electrons. The van der Waals surface area contributed by atoms with E-state index in [-0.39, 0.29) is 12.0 Å². The molecule has 0 aromatic heterocycles. The van der Waals surface area contributed by atoms with E-state index in [0.29, 0.717) is 5.69 Å². The highest BCUT2D eigenvalue weighted by molar-refractivity contribution is 5.88. The van der Waals surface area contributed by atoms with Crippen LogP contribution in [0.25, 0.3) is 0 Å². The molecule has 1 heterocycles. The van der Waals surface area contributed by atoms with E-state index in [1.54, 1.807) is 24.3 Å². The quantitative estimate of drug-likeness (QED) is 0.730. The Morgan fingerprint density at radius 2 is 1.94 bits per heavy atom. The van der Waals surface area contributed by atoms with E-state index < -0.39 is 12.0 Å². The highest BCUT2D eigenvalue weighted by Crippen LogP contribution is 2.38. The summed E-state index contributed by atoms with van der Waals surface area (Å²) in [6, 6.07) is 7.13. The van der Waals surface area contributed by atoms with E-state index in [1.807, 2.05) is 0 Å². The molecule has 1 saturated heterocycles. The third kappa shape index (κ3) is 2.20. The predicted octanol–water partition coefficient (Wildman–Crippen LogP) is 0.570. The molecule has 5 nitrogen and oxygen atoms in total. The number of anilines is 1. The first-order valence-corrected chi connectivity index (χ1v) is 4.90. The van der Waals surface area contributed by atoms with Crippen molar-refractivity contribution in [2.45, 2.75) is 19.1 Å². The van der Waals surface area contributed by atoms with Gasteiger partial charge in [-0.3, -0.25) is 9.59 Å². The molecule has 0 aliphatic carbocycles. The molecular weight excluding hydrogens is 208 g/mol. The lowest BCUT2D eigenvalue weighted by atomic mass is 10.1. The number of amides is 2. The van der Waals surface area contributed by atoms with Crippen LogP contribution in [0.1, 0.15) is 18.6 Å². The lowest BCUT2D eigenvalue weighted by molar-refractivity contribution is -0.119. The molecule has 0 spiro atoms. The van der Waals surface area contributed by atoms with Crippen molar-refractivity contribution in [1.82, 2.24) is 0 Å². The van der Waals surface area contributed by atoms with E-state index in [1.165, 1.54) is 6.92 Å². The van der Waals surface area contributed by atoms with Crippen molar-refractivity contribution >= 4 is 17.5 Å². The van der Waals surface area contributed by atoms with E-state index in [2.05, 4.69) is 5.32 Å². The van der Waals surface area contributed by atoms with Crippen LogP contribution in [0.15, 0.2) is 24.3 Å². The van der Waals surface area contributed by atoms with Crippen LogP contribution >= 0.6 is 0 Å². The summed E-state index contributed by atoms with van der Waals surface area (Å²) in [7, 11) is 0. The molecule has 3 N–H and O–H groups in total. The Morgan fingerprint density at radius 1 is 1.31 bits per heavy atom. The van der Waals surface area contributed by atoms with Crippen LogP contribution in [0.5, 0.6) is 0 Å². The molecule has 2 atom stereocenters. The fourth-order valence-electron chi connectivity index (χ4n) is 1.54. The molecule has 2 amide bonds. The van der Waals surface area contributed by atoms with Gasteiger partial charge in [0.05, 0.1) is 0 Å². The monoisotopic (exact) mass is 220 g/mol. The number of benzene rings is 1. The maximum atomic E-state index is 10.8. The average molecular weight is 220 g/mol. The molecule has 1 aliphatic rings. The second-order valence-corrected chi connectivity index (χ2v) is 3.68. The number of carbonyl (C=O) groups is 2. The predicted molar refractivity (Wildman–Crippen MR) is 57.6 cm³/mol. The Balaban J connectivity index is 2.04. The SMILES string of the molecule is CC(=O)Nc1ccc([C@@H]2O[C@H]2C(N)=O)cc1. The lowest BCUT2D eigenvalue weighted by Gasteiger charge is -2.02. The minimum Gasteiger partial charge on any atom is -0.367 e. The number of rotatable bonds is 3. The average Bonchev–Trinajstić information content (AvgIpc) is 2.97. The van der Waals surface area contributed by atoms with Gasteiger partial charge in [-0.1, -0.05) is 12.1 Å². The highest BCUT2D eigenvalue weighted by Gasteiger charge is 2.44. The van der Waals surface area contributed by atoms with Gasteiger partial charge in [0.25, 0.3) is 0 Å². The Kier molecular flexibility index (Phi) is 2.62. The van der Waals surface area contributed by atoms with Crippen LogP contribution in [0.3, 0.4) is 0 Å². The number of hydrogen-bond acceptors (Lipinski definition) is 3. The van der Waals surface area contributed by atoms with Crippen LogP contribution in [0.2, 0.25) is 0 Å². The topological polar surface area (TPSA) is 84.7 Å². The molecule has 1 fully saturated rings. The molecule has 5 heteroatoms. The number of carbonyl (C=O) groups excluding carboxylic acids is 2. The fraction of sp³-hybridized carbons (Fsp3) is 0.273. The van der Waals surface area contributed by atoms with Crippen molar-refractivity contribution in [1.29, 1.82) is 0 Å². The molecule has 16 heavy (non-hydrogen) atoms. The smallest absolute Gasteiger partial charge is 0.249 e. The Bertz CT molecular complexity index is 427. The Morgan fingerprint density at radius 3 is 2.38 bits per heavy atom. The highest BCUT2D eigenvalue weighted by atomic mass is 16.6. The number of epoxide rings is 1. The van der Waals surface area contributed by atoms with Gasteiger partial charge < -0.3 is 15.8 Å². The standard InChI is InChI=1S/C11H12N2O3/c1-6(14)13-8-4-2-7(3-5-8)9-10(16-9)11(12)15/h2-5,9-10H,1H3,(H2,12,15)(H,13,14)/t9-,10+/m0/s1. The first-order valence-electron chi connectivity index (χ1n) is 4.90. The summed E-state index contributed by atoms with van der Waals surface area (Å²) in [6.45, 7) is 1.45. The van der Waals surface area contributed by atoms with Crippen LogP contribution in [0, 0.1) is 0 Å². The van der Waals surface area contributed by atoms with Gasteiger partial charge in [0.1, 0.15) is 6.10 Å². The summed E-state index contributed by atoms with van der Waals surface area (Å²) in [4.78, 5) is 21.6. The normalized spacial score (nSPS) is 22.6. The fourth-order valence-corrected chi connectivity index (χ4v) is 1.54. The zero-order chi connectivity index (χ0) is 11.7. The minimum absolute atomic E-state index is 0.120. The summed E-state index contributed by atoms with van der Waals surface area (Å²) < 4.78 is 5.12. The van der Waals surface area contributed by atoms with E-state index in [4.69, 9.17) is 10.5 Å². The van der Waals surface area contributed by atoms with Crippen molar-refractivity contribution in [2.24, 2.45) is 5.73 Å².